The first-order valence-electron chi connectivity index (χ1n) is 10.6. The van der Waals surface area contributed by atoms with Crippen LogP contribution in [0, 0.1) is 5.82 Å². The van der Waals surface area contributed by atoms with Crippen LogP contribution in [-0.2, 0) is 12.8 Å². The molecule has 0 bridgehead atoms. The third-order valence-corrected chi connectivity index (χ3v) is 5.58. The van der Waals surface area contributed by atoms with Gasteiger partial charge in [0.1, 0.15) is 0 Å². The molecule has 0 spiro atoms. The van der Waals surface area contributed by atoms with Gasteiger partial charge in [-0.25, -0.2) is 4.39 Å². The molecule has 0 atom stereocenters. The monoisotopic (exact) mass is 437 g/mol. The molecule has 2 heterocycles. The van der Waals surface area contributed by atoms with E-state index in [0.717, 1.165) is 41.2 Å². The number of aromatic nitrogens is 1. The highest BCUT2D eigenvalue weighted by Gasteiger charge is 2.25. The number of methoxy groups -OCH3 is 1. The minimum atomic E-state index is -0.450. The fourth-order valence-electron chi connectivity index (χ4n) is 4.04. The van der Waals surface area contributed by atoms with E-state index in [1.807, 2.05) is 36.4 Å². The molecular formula is C25H25F2N3O2. The largest absolute Gasteiger partial charge is 0.494 e. The Labute approximate surface area is 186 Å². The number of hydrogen-bond acceptors (Lipinski definition) is 4. The van der Waals surface area contributed by atoms with Crippen LogP contribution in [0.4, 0.5) is 20.2 Å². The molecule has 0 aliphatic carbocycles. The summed E-state index contributed by atoms with van der Waals surface area (Å²) in [7, 11) is 1.44. The van der Waals surface area contributed by atoms with Crippen LogP contribution in [0.5, 0.6) is 5.75 Å². The number of alkyl halides is 1. The van der Waals surface area contributed by atoms with Crippen LogP contribution >= 0.6 is 0 Å². The van der Waals surface area contributed by atoms with Crippen LogP contribution in [0.15, 0.2) is 54.7 Å². The van der Waals surface area contributed by atoms with Gasteiger partial charge in [0.05, 0.1) is 13.8 Å². The maximum atomic E-state index is 14.0. The van der Waals surface area contributed by atoms with Gasteiger partial charge in [0.25, 0.3) is 5.91 Å². The lowest BCUT2D eigenvalue weighted by atomic mass is 10.0. The van der Waals surface area contributed by atoms with Crippen molar-refractivity contribution in [1.82, 2.24) is 10.3 Å². The Morgan fingerprint density at radius 1 is 1.22 bits per heavy atom. The van der Waals surface area contributed by atoms with E-state index in [-0.39, 0.29) is 11.7 Å². The fraction of sp³-hybridized carbons (Fsp3) is 0.280. The van der Waals surface area contributed by atoms with E-state index < -0.39 is 12.5 Å². The summed E-state index contributed by atoms with van der Waals surface area (Å²) in [6.45, 7) is 0.613. The van der Waals surface area contributed by atoms with Crippen LogP contribution in [-0.4, -0.2) is 37.8 Å². The van der Waals surface area contributed by atoms with E-state index in [9.17, 15) is 13.6 Å². The molecule has 0 saturated heterocycles. The van der Waals surface area contributed by atoms with Crippen molar-refractivity contribution in [3.8, 4) is 5.75 Å². The van der Waals surface area contributed by atoms with Crippen molar-refractivity contribution in [2.24, 2.45) is 0 Å². The zero-order valence-corrected chi connectivity index (χ0v) is 17.9. The smallest absolute Gasteiger partial charge is 0.251 e. The van der Waals surface area contributed by atoms with E-state index in [1.54, 1.807) is 12.3 Å². The molecule has 1 aliphatic rings. The van der Waals surface area contributed by atoms with E-state index in [0.29, 0.717) is 24.9 Å². The number of amides is 1. The van der Waals surface area contributed by atoms with Gasteiger partial charge in [0.2, 0.25) is 0 Å². The van der Waals surface area contributed by atoms with Gasteiger partial charge in [-0.1, -0.05) is 12.1 Å². The van der Waals surface area contributed by atoms with Gasteiger partial charge in [-0.15, -0.1) is 0 Å². The summed E-state index contributed by atoms with van der Waals surface area (Å²) in [5.74, 6) is -0.352. The minimum absolute atomic E-state index is 0.172. The molecule has 2 aromatic carbocycles. The van der Waals surface area contributed by atoms with Crippen molar-refractivity contribution in [2.45, 2.75) is 19.3 Å². The van der Waals surface area contributed by atoms with Gasteiger partial charge in [-0.3, -0.25) is 14.2 Å². The molecule has 32 heavy (non-hydrogen) atoms. The van der Waals surface area contributed by atoms with Crippen molar-refractivity contribution in [3.05, 3.63) is 82.9 Å². The molecule has 0 unspecified atom stereocenters. The SMILES string of the molecule is COc1ccc(Cc2cc(N3CCc4c(C(=O)NCCCF)cccc43)ccn2)cc1F. The number of benzene rings is 2. The number of carbonyl (C=O) groups is 1. The summed E-state index contributed by atoms with van der Waals surface area (Å²) in [4.78, 5) is 19.2. The Hall–Kier alpha value is -3.48. The fourth-order valence-corrected chi connectivity index (χ4v) is 4.04. The number of nitrogens with one attached hydrogen (secondary N) is 1. The van der Waals surface area contributed by atoms with E-state index >= 15 is 0 Å². The highest BCUT2D eigenvalue weighted by molar-refractivity contribution is 5.98. The molecule has 0 saturated carbocycles. The number of carbonyl (C=O) groups excluding carboxylic acids is 1. The molecule has 1 aliphatic heterocycles. The Kier molecular flexibility index (Phi) is 6.63. The molecule has 3 aromatic rings. The van der Waals surface area contributed by atoms with Crippen molar-refractivity contribution < 1.29 is 18.3 Å². The quantitative estimate of drug-likeness (QED) is 0.523. The average molecular weight is 437 g/mol. The summed E-state index contributed by atoms with van der Waals surface area (Å²) in [5.41, 5.74) is 5.20. The highest BCUT2D eigenvalue weighted by atomic mass is 19.1. The first kappa shape index (κ1) is 21.7. The van der Waals surface area contributed by atoms with Gasteiger partial charge in [0.15, 0.2) is 11.6 Å². The first-order chi connectivity index (χ1) is 15.6. The van der Waals surface area contributed by atoms with Crippen molar-refractivity contribution in [2.75, 3.05) is 31.8 Å². The van der Waals surface area contributed by atoms with Crippen molar-refractivity contribution in [1.29, 1.82) is 0 Å². The number of halogens is 2. The summed E-state index contributed by atoms with van der Waals surface area (Å²) in [6.07, 6.45) is 3.29. The Morgan fingerprint density at radius 2 is 2.09 bits per heavy atom. The molecule has 5 nitrogen and oxygen atoms in total. The molecule has 0 radical (unpaired) electrons. The number of hydrogen-bond donors (Lipinski definition) is 1. The van der Waals surface area contributed by atoms with E-state index in [2.05, 4.69) is 15.2 Å². The minimum Gasteiger partial charge on any atom is -0.494 e. The van der Waals surface area contributed by atoms with Crippen LogP contribution in [0.1, 0.15) is 33.6 Å². The standard InChI is InChI=1S/C25H25F2N3O2/c1-32-24-7-6-17(15-22(24)27)14-18-16-19(8-12-28-18)30-13-9-20-21(4-2-5-23(20)30)25(31)29-11-3-10-26/h2,4-8,12,15-16H,3,9-11,13-14H2,1H3,(H,29,31). The number of ether oxygens (including phenoxy) is 1. The first-order valence-corrected chi connectivity index (χ1v) is 10.6. The molecule has 4 rings (SSSR count). The topological polar surface area (TPSA) is 54.5 Å². The summed E-state index contributed by atoms with van der Waals surface area (Å²) >= 11 is 0. The Bertz CT molecular complexity index is 1120. The van der Waals surface area contributed by atoms with Gasteiger partial charge in [0, 0.05) is 48.3 Å². The molecule has 1 aromatic heterocycles. The van der Waals surface area contributed by atoms with Crippen LogP contribution in [0.2, 0.25) is 0 Å². The number of anilines is 2. The zero-order chi connectivity index (χ0) is 22.5. The lowest BCUT2D eigenvalue weighted by Gasteiger charge is -2.20. The number of fused-ring (bicyclic) bond motifs is 1. The van der Waals surface area contributed by atoms with Crippen LogP contribution < -0.4 is 15.0 Å². The number of pyridine rings is 1. The van der Waals surface area contributed by atoms with Gasteiger partial charge in [-0.2, -0.15) is 0 Å². The van der Waals surface area contributed by atoms with Gasteiger partial charge in [-0.05, 0) is 60.4 Å². The Morgan fingerprint density at radius 3 is 2.88 bits per heavy atom. The number of nitrogens with zero attached hydrogens (tertiary/aromatic N) is 2. The van der Waals surface area contributed by atoms with E-state index in [4.69, 9.17) is 4.74 Å². The molecule has 1 amide bonds. The summed E-state index contributed by atoms with van der Waals surface area (Å²) < 4.78 is 31.4. The maximum Gasteiger partial charge on any atom is 0.251 e. The van der Waals surface area contributed by atoms with E-state index in [1.165, 1.54) is 13.2 Å². The van der Waals surface area contributed by atoms with Crippen LogP contribution in [0.3, 0.4) is 0 Å². The number of rotatable bonds is 8. The summed E-state index contributed by atoms with van der Waals surface area (Å²) in [6, 6.07) is 14.5. The molecule has 1 N–H and O–H groups in total. The Balaban J connectivity index is 1.55. The van der Waals surface area contributed by atoms with Gasteiger partial charge >= 0.3 is 0 Å². The second-order valence-electron chi connectivity index (χ2n) is 7.65. The molecular weight excluding hydrogens is 412 g/mol. The maximum absolute atomic E-state index is 14.0. The third kappa shape index (κ3) is 4.56. The lowest BCUT2D eigenvalue weighted by molar-refractivity contribution is 0.0952. The molecule has 0 fully saturated rings. The van der Waals surface area contributed by atoms with Crippen LogP contribution in [0.25, 0.3) is 0 Å². The van der Waals surface area contributed by atoms with Crippen molar-refractivity contribution in [3.63, 3.8) is 0 Å². The third-order valence-electron chi connectivity index (χ3n) is 5.58. The second kappa shape index (κ2) is 9.77. The predicted octanol–water partition coefficient (Wildman–Crippen LogP) is 4.60. The van der Waals surface area contributed by atoms with Crippen molar-refractivity contribution >= 4 is 17.3 Å². The average Bonchev–Trinajstić information content (AvgIpc) is 3.24. The summed E-state index contributed by atoms with van der Waals surface area (Å²) in [5, 5.41) is 2.79. The second-order valence-corrected chi connectivity index (χ2v) is 7.65. The van der Waals surface area contributed by atoms with Gasteiger partial charge < -0.3 is 15.0 Å². The highest BCUT2D eigenvalue weighted by Crippen LogP contribution is 2.36. The predicted molar refractivity (Wildman–Crippen MR) is 120 cm³/mol. The normalized spacial score (nSPS) is 12.5. The zero-order valence-electron chi connectivity index (χ0n) is 17.9. The molecule has 166 valence electrons. The molecule has 7 heteroatoms. The lowest BCUT2D eigenvalue weighted by Crippen LogP contribution is -2.25.